The number of hydrogen-bond donors (Lipinski definition) is 2. The highest BCUT2D eigenvalue weighted by Crippen LogP contribution is 2.65. The van der Waals surface area contributed by atoms with E-state index >= 15 is 0 Å². The number of Topliss-reactive ketones (excluding diaryl/α,β-unsaturated/α-hetero) is 1. The summed E-state index contributed by atoms with van der Waals surface area (Å²) in [5.41, 5.74) is -0.653. The lowest BCUT2D eigenvalue weighted by Crippen LogP contribution is -2.61. The van der Waals surface area contributed by atoms with Crippen molar-refractivity contribution in [2.45, 2.75) is 92.3 Å². The highest BCUT2D eigenvalue weighted by Gasteiger charge is 2.70. The summed E-state index contributed by atoms with van der Waals surface area (Å²) in [6.45, 7) is 15.1. The molecule has 0 radical (unpaired) electrons. The van der Waals surface area contributed by atoms with Gasteiger partial charge < -0.3 is 20.4 Å². The van der Waals surface area contributed by atoms with Crippen LogP contribution in [0.2, 0.25) is 0 Å². The van der Waals surface area contributed by atoms with Gasteiger partial charge in [-0.25, -0.2) is 0 Å². The van der Waals surface area contributed by atoms with E-state index in [9.17, 15) is 24.0 Å². The summed E-state index contributed by atoms with van der Waals surface area (Å²) in [5, 5.41) is 5.82. The van der Waals surface area contributed by atoms with Gasteiger partial charge in [-0.3, -0.25) is 24.0 Å². The molecule has 9 heteroatoms. The molecule has 2 heterocycles. The van der Waals surface area contributed by atoms with Gasteiger partial charge in [-0.05, 0) is 41.4 Å². The van der Waals surface area contributed by atoms with Crippen molar-refractivity contribution < 1.29 is 24.0 Å². The van der Waals surface area contributed by atoms with Crippen molar-refractivity contribution >= 4 is 29.4 Å². The van der Waals surface area contributed by atoms with Crippen LogP contribution in [0.5, 0.6) is 0 Å². The molecule has 9 nitrogen and oxygen atoms in total. The number of carbonyl (C=O) groups excluding carboxylic acids is 5. The van der Waals surface area contributed by atoms with E-state index in [1.54, 1.807) is 18.7 Å². The van der Waals surface area contributed by atoms with Gasteiger partial charge in [0.15, 0.2) is 0 Å². The zero-order valence-electron chi connectivity index (χ0n) is 23.4. The smallest absolute Gasteiger partial charge is 0.292 e. The Hall–Kier alpha value is -2.45. The second-order valence-electron chi connectivity index (χ2n) is 13.6. The van der Waals surface area contributed by atoms with E-state index in [4.69, 9.17) is 0 Å². The van der Waals surface area contributed by atoms with Crippen molar-refractivity contribution in [1.29, 1.82) is 0 Å². The van der Waals surface area contributed by atoms with Crippen molar-refractivity contribution in [3.8, 4) is 0 Å². The van der Waals surface area contributed by atoms with Crippen LogP contribution in [0.1, 0.15) is 74.1 Å². The molecule has 2 N–H and O–H groups in total. The Kier molecular flexibility index (Phi) is 7.23. The average molecular weight is 517 g/mol. The third kappa shape index (κ3) is 5.41. The summed E-state index contributed by atoms with van der Waals surface area (Å²) >= 11 is 0. The van der Waals surface area contributed by atoms with Gasteiger partial charge in [0.05, 0.1) is 6.04 Å². The van der Waals surface area contributed by atoms with Gasteiger partial charge in [0.2, 0.25) is 23.5 Å². The Labute approximate surface area is 220 Å². The number of nitrogens with one attached hydrogen (secondary N) is 2. The maximum Gasteiger partial charge on any atom is 0.292 e. The lowest BCUT2D eigenvalue weighted by atomic mass is 9.84. The zero-order valence-corrected chi connectivity index (χ0v) is 23.4. The number of amides is 4. The monoisotopic (exact) mass is 516 g/mol. The minimum absolute atomic E-state index is 0.0272. The SMILES string of the molecule is CC(C)C(=O)N[C@H](C(=O)N1C[C@H]2[C@@H]([C@H]1C(=O)NC(CC1CC1)C(=O)C(=O)N1CCC1)C2(C)C)C(C)(C)C. The van der Waals surface area contributed by atoms with Crippen LogP contribution in [0.3, 0.4) is 0 Å². The molecule has 0 aromatic heterocycles. The number of ketones is 1. The molecule has 2 aliphatic carbocycles. The molecule has 1 unspecified atom stereocenters. The predicted octanol–water partition coefficient (Wildman–Crippen LogP) is 1.74. The molecule has 0 aromatic rings. The quantitative estimate of drug-likeness (QED) is 0.453. The normalized spacial score (nSPS) is 27.6. The van der Waals surface area contributed by atoms with Crippen LogP contribution in [-0.2, 0) is 24.0 Å². The maximum atomic E-state index is 13.9. The van der Waals surface area contributed by atoms with E-state index in [0.29, 0.717) is 32.0 Å². The van der Waals surface area contributed by atoms with E-state index in [1.165, 1.54) is 4.90 Å². The summed E-state index contributed by atoms with van der Waals surface area (Å²) in [5.74, 6) is -1.73. The van der Waals surface area contributed by atoms with Gasteiger partial charge in [0.1, 0.15) is 12.1 Å². The van der Waals surface area contributed by atoms with Gasteiger partial charge in [-0.2, -0.15) is 0 Å². The standard InChI is InChI=1S/C28H44N4O5/c1-15(2)23(34)30-22(27(3,4)5)26(37)32-14-17-19(28(17,6)7)20(32)24(35)29-18(13-16-9-10-16)21(33)25(36)31-11-8-12-31/h15-20,22H,8-14H2,1-7H3,(H,29,35)(H,30,34)/t17-,18?,19-,20-,22+/m0/s1. The fraction of sp³-hybridized carbons (Fsp3) is 0.821. The highest BCUT2D eigenvalue weighted by atomic mass is 16.2. The molecular formula is C28H44N4O5. The van der Waals surface area contributed by atoms with E-state index in [2.05, 4.69) is 24.5 Å². The Morgan fingerprint density at radius 1 is 1.00 bits per heavy atom. The Balaban J connectivity index is 1.55. The zero-order chi connectivity index (χ0) is 27.4. The largest absolute Gasteiger partial charge is 0.344 e. The minimum atomic E-state index is -0.870. The number of likely N-dealkylation sites (tertiary alicyclic amines) is 2. The lowest BCUT2D eigenvalue weighted by Gasteiger charge is -2.38. The summed E-state index contributed by atoms with van der Waals surface area (Å²) in [4.78, 5) is 69.2. The first-order valence-electron chi connectivity index (χ1n) is 13.9. The van der Waals surface area contributed by atoms with E-state index < -0.39 is 35.2 Å². The van der Waals surface area contributed by atoms with Gasteiger partial charge in [-0.15, -0.1) is 0 Å². The van der Waals surface area contributed by atoms with Crippen molar-refractivity contribution in [2.75, 3.05) is 19.6 Å². The molecule has 37 heavy (non-hydrogen) atoms. The fourth-order valence-electron chi connectivity index (χ4n) is 5.94. The van der Waals surface area contributed by atoms with Crippen molar-refractivity contribution in [3.05, 3.63) is 0 Å². The molecule has 4 fully saturated rings. The Bertz CT molecular complexity index is 976. The topological polar surface area (TPSA) is 116 Å². The number of nitrogens with zero attached hydrogens (tertiary/aromatic N) is 2. The van der Waals surface area contributed by atoms with Gasteiger partial charge in [-0.1, -0.05) is 61.3 Å². The third-order valence-corrected chi connectivity index (χ3v) is 8.94. The maximum absolute atomic E-state index is 13.9. The summed E-state index contributed by atoms with van der Waals surface area (Å²) < 4.78 is 0. The van der Waals surface area contributed by atoms with Crippen molar-refractivity contribution in [1.82, 2.24) is 20.4 Å². The molecular weight excluding hydrogens is 472 g/mol. The van der Waals surface area contributed by atoms with E-state index in [-0.39, 0.29) is 40.9 Å². The Morgan fingerprint density at radius 2 is 1.62 bits per heavy atom. The summed E-state index contributed by atoms with van der Waals surface area (Å²) in [6.07, 6.45) is 3.33. The molecule has 4 rings (SSSR count). The Morgan fingerprint density at radius 3 is 2.11 bits per heavy atom. The van der Waals surface area contributed by atoms with E-state index in [0.717, 1.165) is 19.3 Å². The van der Waals surface area contributed by atoms with Crippen molar-refractivity contribution in [2.24, 2.45) is 34.5 Å². The first kappa shape index (κ1) is 27.6. The van der Waals surface area contributed by atoms with Crippen LogP contribution in [0.15, 0.2) is 0 Å². The van der Waals surface area contributed by atoms with Crippen LogP contribution in [-0.4, -0.2) is 77.0 Å². The second-order valence-corrected chi connectivity index (χ2v) is 13.6. The van der Waals surface area contributed by atoms with Gasteiger partial charge in [0.25, 0.3) is 5.91 Å². The number of fused-ring (bicyclic) bond motifs is 1. The number of hydrogen-bond acceptors (Lipinski definition) is 5. The predicted molar refractivity (Wildman–Crippen MR) is 138 cm³/mol. The molecule has 206 valence electrons. The van der Waals surface area contributed by atoms with E-state index in [1.807, 2.05) is 20.8 Å². The molecule has 0 spiro atoms. The van der Waals surface area contributed by atoms with Gasteiger partial charge in [0, 0.05) is 25.6 Å². The van der Waals surface area contributed by atoms with Crippen LogP contribution in [0.25, 0.3) is 0 Å². The molecule has 4 amide bonds. The average Bonchev–Trinajstić information content (AvgIpc) is 3.61. The molecule has 2 aliphatic heterocycles. The highest BCUT2D eigenvalue weighted by molar-refractivity contribution is 6.38. The fourth-order valence-corrected chi connectivity index (χ4v) is 5.94. The minimum Gasteiger partial charge on any atom is -0.344 e. The molecule has 2 saturated heterocycles. The first-order chi connectivity index (χ1) is 17.1. The molecule has 4 aliphatic rings. The van der Waals surface area contributed by atoms with Crippen LogP contribution < -0.4 is 10.6 Å². The molecule has 0 bridgehead atoms. The lowest BCUT2D eigenvalue weighted by molar-refractivity contribution is -0.150. The second kappa shape index (κ2) is 9.70. The molecule has 0 aromatic carbocycles. The molecule has 5 atom stereocenters. The molecule has 2 saturated carbocycles. The first-order valence-corrected chi connectivity index (χ1v) is 13.9. The summed E-state index contributed by atoms with van der Waals surface area (Å²) in [7, 11) is 0. The van der Waals surface area contributed by atoms with Crippen LogP contribution in [0, 0.1) is 34.5 Å². The number of piperidine rings is 1. The number of carbonyl (C=O) groups is 5. The van der Waals surface area contributed by atoms with Crippen LogP contribution in [0.4, 0.5) is 0 Å². The summed E-state index contributed by atoms with van der Waals surface area (Å²) in [6, 6.07) is -2.39. The van der Waals surface area contributed by atoms with Crippen molar-refractivity contribution in [3.63, 3.8) is 0 Å². The van der Waals surface area contributed by atoms with Gasteiger partial charge >= 0.3 is 0 Å². The number of rotatable bonds is 9. The third-order valence-electron chi connectivity index (χ3n) is 8.94. The van der Waals surface area contributed by atoms with Crippen LogP contribution >= 0.6 is 0 Å².